The molecule has 0 radical (unpaired) electrons. The summed E-state index contributed by atoms with van der Waals surface area (Å²) in [6, 6.07) is 17.5. The van der Waals surface area contributed by atoms with Crippen LogP contribution in [0.4, 0.5) is 5.69 Å². The fourth-order valence-corrected chi connectivity index (χ4v) is 3.87. The Morgan fingerprint density at radius 2 is 1.78 bits per heavy atom. The van der Waals surface area contributed by atoms with E-state index in [4.69, 9.17) is 14.2 Å². The number of nitrogens with one attached hydrogen (secondary N) is 1. The van der Waals surface area contributed by atoms with E-state index in [1.807, 2.05) is 54.6 Å². The van der Waals surface area contributed by atoms with Crippen molar-refractivity contribution < 1.29 is 19.0 Å². The quantitative estimate of drug-likeness (QED) is 0.863. The molecular formula is C22H25NO4. The van der Waals surface area contributed by atoms with E-state index in [2.05, 4.69) is 5.32 Å². The molecule has 1 heterocycles. The minimum Gasteiger partial charge on any atom is -0.489 e. The minimum absolute atomic E-state index is 0.0328. The van der Waals surface area contributed by atoms with Gasteiger partial charge in [-0.2, -0.15) is 0 Å². The predicted molar refractivity (Wildman–Crippen MR) is 102 cm³/mol. The monoisotopic (exact) mass is 367 g/mol. The van der Waals surface area contributed by atoms with Gasteiger partial charge in [-0.1, -0.05) is 36.8 Å². The van der Waals surface area contributed by atoms with Gasteiger partial charge in [0.1, 0.15) is 12.4 Å². The van der Waals surface area contributed by atoms with E-state index in [0.29, 0.717) is 19.8 Å². The number of carbonyl (C=O) groups is 1. The van der Waals surface area contributed by atoms with Gasteiger partial charge < -0.3 is 19.5 Å². The number of carbonyl (C=O) groups excluding carboxylic acids is 1. The Morgan fingerprint density at radius 1 is 1.04 bits per heavy atom. The van der Waals surface area contributed by atoms with E-state index in [9.17, 15) is 4.79 Å². The fourth-order valence-electron chi connectivity index (χ4n) is 3.87. The molecule has 1 unspecified atom stereocenters. The maximum absolute atomic E-state index is 12.8. The Morgan fingerprint density at radius 3 is 2.52 bits per heavy atom. The molecule has 1 saturated heterocycles. The normalized spacial score (nSPS) is 21.1. The number of anilines is 1. The molecule has 142 valence electrons. The van der Waals surface area contributed by atoms with Crippen molar-refractivity contribution in [1.29, 1.82) is 0 Å². The van der Waals surface area contributed by atoms with E-state index >= 15 is 0 Å². The molecule has 1 aliphatic heterocycles. The third-order valence-electron chi connectivity index (χ3n) is 5.26. The Bertz CT molecular complexity index is 754. The van der Waals surface area contributed by atoms with Gasteiger partial charge in [-0.3, -0.25) is 4.79 Å². The van der Waals surface area contributed by atoms with Crippen LogP contribution in [0.1, 0.15) is 31.2 Å². The molecule has 1 aliphatic carbocycles. The van der Waals surface area contributed by atoms with Crippen molar-refractivity contribution in [1.82, 2.24) is 0 Å². The lowest BCUT2D eigenvalue weighted by Crippen LogP contribution is -2.47. The summed E-state index contributed by atoms with van der Waals surface area (Å²) in [4.78, 5) is 12.8. The average molecular weight is 367 g/mol. The number of benzene rings is 2. The maximum atomic E-state index is 12.8. The van der Waals surface area contributed by atoms with Gasteiger partial charge in [0.2, 0.25) is 5.91 Å². The van der Waals surface area contributed by atoms with Gasteiger partial charge in [0.25, 0.3) is 0 Å². The summed E-state index contributed by atoms with van der Waals surface area (Å²) in [7, 11) is 0. The van der Waals surface area contributed by atoms with E-state index < -0.39 is 5.79 Å². The highest BCUT2D eigenvalue weighted by molar-refractivity contribution is 5.93. The standard InChI is InChI=1S/C22H25NO4/c24-21(20-8-4-5-13-22(20)26-14-15-27-22)23-18-9-11-19(12-10-18)25-16-17-6-2-1-3-7-17/h1-3,6-7,9-12,20H,4-5,8,13-16H2,(H,23,24). The summed E-state index contributed by atoms with van der Waals surface area (Å²) in [5, 5.41) is 3.01. The molecule has 4 rings (SSSR count). The van der Waals surface area contributed by atoms with Gasteiger partial charge in [-0.25, -0.2) is 0 Å². The number of hydrogen-bond donors (Lipinski definition) is 1. The van der Waals surface area contributed by atoms with Crippen LogP contribution in [-0.2, 0) is 20.9 Å². The van der Waals surface area contributed by atoms with Gasteiger partial charge in [0.05, 0.1) is 19.1 Å². The first-order chi connectivity index (χ1) is 13.3. The first-order valence-corrected chi connectivity index (χ1v) is 9.61. The van der Waals surface area contributed by atoms with Crippen LogP contribution < -0.4 is 10.1 Å². The second-order valence-electron chi connectivity index (χ2n) is 7.10. The Balaban J connectivity index is 1.35. The summed E-state index contributed by atoms with van der Waals surface area (Å²) >= 11 is 0. The summed E-state index contributed by atoms with van der Waals surface area (Å²) in [6.45, 7) is 1.65. The Labute approximate surface area is 159 Å². The largest absolute Gasteiger partial charge is 0.489 e. The van der Waals surface area contributed by atoms with E-state index in [0.717, 1.165) is 42.7 Å². The highest BCUT2D eigenvalue weighted by atomic mass is 16.7. The molecule has 27 heavy (non-hydrogen) atoms. The first kappa shape index (κ1) is 18.0. The van der Waals surface area contributed by atoms with Gasteiger partial charge in [0.15, 0.2) is 5.79 Å². The number of amides is 1. The van der Waals surface area contributed by atoms with Crippen molar-refractivity contribution in [3.8, 4) is 5.75 Å². The molecule has 5 heteroatoms. The molecule has 2 aliphatic rings. The topological polar surface area (TPSA) is 56.8 Å². The maximum Gasteiger partial charge on any atom is 0.232 e. The zero-order valence-electron chi connectivity index (χ0n) is 15.4. The van der Waals surface area contributed by atoms with Crippen LogP contribution in [0.3, 0.4) is 0 Å². The molecule has 1 N–H and O–H groups in total. The highest BCUT2D eigenvalue weighted by Gasteiger charge is 2.49. The summed E-state index contributed by atoms with van der Waals surface area (Å²) in [6.07, 6.45) is 3.65. The molecule has 2 fully saturated rings. The molecule has 1 spiro atoms. The second-order valence-corrected chi connectivity index (χ2v) is 7.10. The summed E-state index contributed by atoms with van der Waals surface area (Å²) in [5.74, 6) is -0.244. The molecular weight excluding hydrogens is 342 g/mol. The SMILES string of the molecule is O=C(Nc1ccc(OCc2ccccc2)cc1)C1CCCCC12OCCO2. The van der Waals surface area contributed by atoms with Crippen LogP contribution >= 0.6 is 0 Å². The zero-order valence-corrected chi connectivity index (χ0v) is 15.4. The predicted octanol–water partition coefficient (Wildman–Crippen LogP) is 4.14. The molecule has 1 amide bonds. The lowest BCUT2D eigenvalue weighted by atomic mass is 9.82. The molecule has 1 atom stereocenters. The van der Waals surface area contributed by atoms with Crippen LogP contribution in [0.15, 0.2) is 54.6 Å². The van der Waals surface area contributed by atoms with Crippen molar-refractivity contribution in [3.63, 3.8) is 0 Å². The van der Waals surface area contributed by atoms with E-state index in [-0.39, 0.29) is 11.8 Å². The third-order valence-corrected chi connectivity index (χ3v) is 5.26. The van der Waals surface area contributed by atoms with Crippen molar-refractivity contribution in [3.05, 3.63) is 60.2 Å². The van der Waals surface area contributed by atoms with Gasteiger partial charge in [0, 0.05) is 12.1 Å². The van der Waals surface area contributed by atoms with E-state index in [1.54, 1.807) is 0 Å². The first-order valence-electron chi connectivity index (χ1n) is 9.61. The molecule has 2 aromatic rings. The van der Waals surface area contributed by atoms with Gasteiger partial charge >= 0.3 is 0 Å². The summed E-state index contributed by atoms with van der Waals surface area (Å²) in [5.41, 5.74) is 1.87. The molecule has 1 saturated carbocycles. The van der Waals surface area contributed by atoms with Gasteiger partial charge in [-0.05, 0) is 42.7 Å². The van der Waals surface area contributed by atoms with Crippen LogP contribution in [0, 0.1) is 5.92 Å². The van der Waals surface area contributed by atoms with Crippen LogP contribution in [0.2, 0.25) is 0 Å². The second kappa shape index (κ2) is 8.11. The number of rotatable bonds is 5. The fraction of sp³-hybridized carbons (Fsp3) is 0.409. The Hall–Kier alpha value is -2.37. The number of hydrogen-bond acceptors (Lipinski definition) is 4. The summed E-state index contributed by atoms with van der Waals surface area (Å²) < 4.78 is 17.5. The molecule has 0 bridgehead atoms. The van der Waals surface area contributed by atoms with Crippen LogP contribution in [0.5, 0.6) is 5.75 Å². The van der Waals surface area contributed by atoms with Gasteiger partial charge in [-0.15, -0.1) is 0 Å². The zero-order chi connectivity index (χ0) is 18.5. The van der Waals surface area contributed by atoms with E-state index in [1.165, 1.54) is 0 Å². The lowest BCUT2D eigenvalue weighted by molar-refractivity contribution is -0.210. The van der Waals surface area contributed by atoms with Crippen molar-refractivity contribution >= 4 is 11.6 Å². The smallest absolute Gasteiger partial charge is 0.232 e. The number of ether oxygens (including phenoxy) is 3. The highest BCUT2D eigenvalue weighted by Crippen LogP contribution is 2.41. The average Bonchev–Trinajstić information content (AvgIpc) is 3.17. The van der Waals surface area contributed by atoms with Crippen LogP contribution in [0.25, 0.3) is 0 Å². The van der Waals surface area contributed by atoms with Crippen molar-refractivity contribution in [2.75, 3.05) is 18.5 Å². The third kappa shape index (κ3) is 4.15. The molecule has 0 aromatic heterocycles. The van der Waals surface area contributed by atoms with Crippen molar-refractivity contribution in [2.24, 2.45) is 5.92 Å². The Kier molecular flexibility index (Phi) is 5.41. The minimum atomic E-state index is -0.721. The molecule has 2 aromatic carbocycles. The lowest BCUT2D eigenvalue weighted by Gasteiger charge is -2.38. The molecule has 5 nitrogen and oxygen atoms in total. The van der Waals surface area contributed by atoms with Crippen LogP contribution in [-0.4, -0.2) is 24.9 Å². The van der Waals surface area contributed by atoms with Crippen molar-refractivity contribution in [2.45, 2.75) is 38.1 Å².